The molecule has 1 aromatic rings. The zero-order valence-electron chi connectivity index (χ0n) is 10.4. The maximum Gasteiger partial charge on any atom is 0.234 e. The number of imide groups is 1. The lowest BCUT2D eigenvalue weighted by Gasteiger charge is -2.16. The van der Waals surface area contributed by atoms with Crippen molar-refractivity contribution >= 4 is 11.8 Å². The minimum Gasteiger partial charge on any atom is -0.360 e. The summed E-state index contributed by atoms with van der Waals surface area (Å²) in [4.78, 5) is 27.0. The summed E-state index contributed by atoms with van der Waals surface area (Å²) in [5, 5.41) is 3.83. The zero-order valence-corrected chi connectivity index (χ0v) is 10.4. The Hall–Kier alpha value is -1.69. The first-order chi connectivity index (χ1) is 8.56. The quantitative estimate of drug-likeness (QED) is 0.692. The lowest BCUT2D eigenvalue weighted by molar-refractivity contribution is -0.139. The summed E-state index contributed by atoms with van der Waals surface area (Å²) < 4.78 is 5.15. The van der Waals surface area contributed by atoms with E-state index in [4.69, 9.17) is 4.52 Å². The molecular weight excluding hydrogens is 234 g/mol. The Balaban J connectivity index is 1.70. The van der Waals surface area contributed by atoms with Crippen molar-refractivity contribution in [2.45, 2.75) is 13.5 Å². The Morgan fingerprint density at radius 3 is 2.44 bits per heavy atom. The van der Waals surface area contributed by atoms with Gasteiger partial charge in [0.1, 0.15) is 0 Å². The fourth-order valence-corrected chi connectivity index (χ4v) is 2.83. The monoisotopic (exact) mass is 249 g/mol. The third-order valence-corrected chi connectivity index (χ3v) is 3.75. The molecule has 0 saturated carbocycles. The molecule has 0 aliphatic carbocycles. The molecule has 2 fully saturated rings. The van der Waals surface area contributed by atoms with E-state index in [1.807, 2.05) is 13.0 Å². The number of carbonyl (C=O) groups is 2. The van der Waals surface area contributed by atoms with Gasteiger partial charge in [0.05, 0.1) is 24.1 Å². The first-order valence-electron chi connectivity index (χ1n) is 6.02. The van der Waals surface area contributed by atoms with Gasteiger partial charge in [-0.25, -0.2) is 0 Å². The summed E-state index contributed by atoms with van der Waals surface area (Å²) in [6.45, 7) is 3.73. The van der Waals surface area contributed by atoms with Crippen LogP contribution in [0.25, 0.3) is 0 Å². The molecule has 96 valence electrons. The Bertz CT molecular complexity index is 486. The van der Waals surface area contributed by atoms with Crippen LogP contribution in [0.4, 0.5) is 0 Å². The average Bonchev–Trinajstić information content (AvgIpc) is 2.97. The molecule has 6 nitrogen and oxygen atoms in total. The Kier molecular flexibility index (Phi) is 2.48. The molecule has 2 unspecified atom stereocenters. The second-order valence-corrected chi connectivity index (χ2v) is 5.08. The summed E-state index contributed by atoms with van der Waals surface area (Å²) in [7, 11) is 1.56. The normalized spacial score (nSPS) is 28.2. The summed E-state index contributed by atoms with van der Waals surface area (Å²) in [6.07, 6.45) is 0. The van der Waals surface area contributed by atoms with Crippen LogP contribution in [-0.4, -0.2) is 46.9 Å². The van der Waals surface area contributed by atoms with Gasteiger partial charge in [-0.15, -0.1) is 0 Å². The van der Waals surface area contributed by atoms with Crippen LogP contribution in [0, 0.1) is 18.8 Å². The fourth-order valence-electron chi connectivity index (χ4n) is 2.83. The van der Waals surface area contributed by atoms with Gasteiger partial charge in [0, 0.05) is 26.2 Å². The van der Waals surface area contributed by atoms with E-state index in [-0.39, 0.29) is 23.7 Å². The highest BCUT2D eigenvalue weighted by Gasteiger charge is 2.50. The Morgan fingerprint density at radius 2 is 1.94 bits per heavy atom. The number of aryl methyl sites for hydroxylation is 1. The van der Waals surface area contributed by atoms with Gasteiger partial charge < -0.3 is 4.52 Å². The average molecular weight is 249 g/mol. The van der Waals surface area contributed by atoms with Crippen molar-refractivity contribution in [2.24, 2.45) is 11.8 Å². The minimum absolute atomic E-state index is 0.0544. The summed E-state index contributed by atoms with van der Waals surface area (Å²) in [6, 6.07) is 1.88. The van der Waals surface area contributed by atoms with Crippen LogP contribution in [0.5, 0.6) is 0 Å². The van der Waals surface area contributed by atoms with Crippen molar-refractivity contribution in [1.29, 1.82) is 0 Å². The molecule has 0 N–H and O–H groups in total. The van der Waals surface area contributed by atoms with Gasteiger partial charge in [-0.2, -0.15) is 0 Å². The molecule has 0 radical (unpaired) electrons. The van der Waals surface area contributed by atoms with Crippen LogP contribution >= 0.6 is 0 Å². The summed E-state index contributed by atoms with van der Waals surface area (Å²) in [5.74, 6) is 0.321. The smallest absolute Gasteiger partial charge is 0.234 e. The van der Waals surface area contributed by atoms with Gasteiger partial charge >= 0.3 is 0 Å². The van der Waals surface area contributed by atoms with Crippen LogP contribution in [0.3, 0.4) is 0 Å². The van der Waals surface area contributed by atoms with E-state index in [0.717, 1.165) is 11.5 Å². The largest absolute Gasteiger partial charge is 0.360 e. The topological polar surface area (TPSA) is 66.7 Å². The number of carbonyl (C=O) groups excluding carboxylic acids is 2. The lowest BCUT2D eigenvalue weighted by Crippen LogP contribution is -2.32. The number of aromatic nitrogens is 1. The van der Waals surface area contributed by atoms with Crippen molar-refractivity contribution < 1.29 is 14.1 Å². The van der Waals surface area contributed by atoms with Gasteiger partial charge in [-0.1, -0.05) is 5.16 Å². The second kappa shape index (κ2) is 3.91. The number of hydrogen-bond acceptors (Lipinski definition) is 5. The van der Waals surface area contributed by atoms with Gasteiger partial charge in [0.2, 0.25) is 11.8 Å². The SMILES string of the molecule is Cc1cc(CN2CC3C(=O)N(C)C(=O)C3C2)on1. The molecule has 2 aliphatic rings. The lowest BCUT2D eigenvalue weighted by atomic mass is 10.00. The number of nitrogens with zero attached hydrogens (tertiary/aromatic N) is 3. The van der Waals surface area contributed by atoms with E-state index >= 15 is 0 Å². The van der Waals surface area contributed by atoms with E-state index in [1.54, 1.807) is 7.05 Å². The highest BCUT2D eigenvalue weighted by Crippen LogP contribution is 2.33. The summed E-state index contributed by atoms with van der Waals surface area (Å²) in [5.41, 5.74) is 0.844. The molecular formula is C12H15N3O3. The molecule has 1 aromatic heterocycles. The molecule has 2 amide bonds. The molecule has 3 rings (SSSR count). The van der Waals surface area contributed by atoms with E-state index in [9.17, 15) is 9.59 Å². The van der Waals surface area contributed by atoms with Gasteiger partial charge in [-0.3, -0.25) is 19.4 Å². The zero-order chi connectivity index (χ0) is 12.9. The van der Waals surface area contributed by atoms with Gasteiger partial charge in [-0.05, 0) is 6.92 Å². The first-order valence-corrected chi connectivity index (χ1v) is 6.02. The Labute approximate surface area is 105 Å². The van der Waals surface area contributed by atoms with E-state index in [1.165, 1.54) is 4.90 Å². The molecule has 0 bridgehead atoms. The van der Waals surface area contributed by atoms with Crippen molar-refractivity contribution in [1.82, 2.24) is 15.0 Å². The van der Waals surface area contributed by atoms with Crippen molar-refractivity contribution in [3.8, 4) is 0 Å². The van der Waals surface area contributed by atoms with E-state index < -0.39 is 0 Å². The predicted octanol–water partition coefficient (Wildman–Crippen LogP) is 0.0296. The number of hydrogen-bond donors (Lipinski definition) is 0. The number of fused-ring (bicyclic) bond motifs is 1. The highest BCUT2D eigenvalue weighted by atomic mass is 16.5. The van der Waals surface area contributed by atoms with Crippen LogP contribution in [0.2, 0.25) is 0 Å². The van der Waals surface area contributed by atoms with E-state index in [2.05, 4.69) is 10.1 Å². The number of amides is 2. The fraction of sp³-hybridized carbons (Fsp3) is 0.583. The maximum atomic E-state index is 11.8. The van der Waals surface area contributed by atoms with Crippen LogP contribution < -0.4 is 0 Å². The van der Waals surface area contributed by atoms with Gasteiger partial charge in [0.25, 0.3) is 0 Å². The third-order valence-electron chi connectivity index (χ3n) is 3.75. The van der Waals surface area contributed by atoms with Crippen LogP contribution in [0.15, 0.2) is 10.6 Å². The molecule has 6 heteroatoms. The van der Waals surface area contributed by atoms with E-state index in [0.29, 0.717) is 19.6 Å². The number of likely N-dealkylation sites (tertiary alicyclic amines) is 2. The van der Waals surface area contributed by atoms with Crippen molar-refractivity contribution in [2.75, 3.05) is 20.1 Å². The minimum atomic E-state index is -0.175. The van der Waals surface area contributed by atoms with Crippen LogP contribution in [-0.2, 0) is 16.1 Å². The molecule has 0 spiro atoms. The second-order valence-electron chi connectivity index (χ2n) is 5.08. The molecule has 3 heterocycles. The predicted molar refractivity (Wildman–Crippen MR) is 61.3 cm³/mol. The van der Waals surface area contributed by atoms with Gasteiger partial charge in [0.15, 0.2) is 5.76 Å². The molecule has 2 atom stereocenters. The molecule has 2 aliphatic heterocycles. The first kappa shape index (κ1) is 11.4. The van der Waals surface area contributed by atoms with Crippen molar-refractivity contribution in [3.05, 3.63) is 17.5 Å². The van der Waals surface area contributed by atoms with Crippen molar-refractivity contribution in [3.63, 3.8) is 0 Å². The highest BCUT2D eigenvalue weighted by molar-refractivity contribution is 6.05. The maximum absolute atomic E-state index is 11.8. The molecule has 18 heavy (non-hydrogen) atoms. The standard InChI is InChI=1S/C12H15N3O3/c1-7-3-8(18-13-7)4-15-5-9-10(6-15)12(17)14(2)11(9)16/h3,9-10H,4-6H2,1-2H3. The molecule has 2 saturated heterocycles. The molecule has 0 aromatic carbocycles. The third kappa shape index (κ3) is 1.64. The van der Waals surface area contributed by atoms with Crippen LogP contribution in [0.1, 0.15) is 11.5 Å². The summed E-state index contributed by atoms with van der Waals surface area (Å²) >= 11 is 0. The number of rotatable bonds is 2. The Morgan fingerprint density at radius 1 is 1.33 bits per heavy atom.